The standard InChI is InChI=1S/C12H14ClNO/c1-4-6-15-12-8(3)7-10(13)11(14)9(12)5-2/h2,7H,4,6,14H2,1,3H3. The molecule has 0 spiro atoms. The fourth-order valence-corrected chi connectivity index (χ4v) is 1.56. The Balaban J connectivity index is 3.24. The molecule has 80 valence electrons. The fourth-order valence-electron chi connectivity index (χ4n) is 1.31. The summed E-state index contributed by atoms with van der Waals surface area (Å²) in [4.78, 5) is 0. The van der Waals surface area contributed by atoms with Crippen molar-refractivity contribution in [3.8, 4) is 18.1 Å². The first-order chi connectivity index (χ1) is 7.11. The Kier molecular flexibility index (Phi) is 3.88. The summed E-state index contributed by atoms with van der Waals surface area (Å²) in [7, 11) is 0. The monoisotopic (exact) mass is 223 g/mol. The highest BCUT2D eigenvalue weighted by Gasteiger charge is 2.12. The molecule has 0 aliphatic rings. The summed E-state index contributed by atoms with van der Waals surface area (Å²) in [5.74, 6) is 3.19. The number of hydrogen-bond acceptors (Lipinski definition) is 2. The summed E-state index contributed by atoms with van der Waals surface area (Å²) in [6.07, 6.45) is 6.31. The van der Waals surface area contributed by atoms with Crippen LogP contribution in [0.4, 0.5) is 5.69 Å². The molecule has 0 heterocycles. The van der Waals surface area contributed by atoms with Gasteiger partial charge in [-0.1, -0.05) is 24.4 Å². The second kappa shape index (κ2) is 4.95. The molecule has 0 fully saturated rings. The SMILES string of the molecule is C#Cc1c(N)c(Cl)cc(C)c1OCCC. The number of aryl methyl sites for hydroxylation is 1. The minimum absolute atomic E-state index is 0.413. The van der Waals surface area contributed by atoms with Crippen molar-refractivity contribution in [2.24, 2.45) is 0 Å². The normalized spacial score (nSPS) is 9.73. The molecule has 0 aromatic heterocycles. The number of nitrogen functional groups attached to an aromatic ring is 1. The maximum Gasteiger partial charge on any atom is 0.140 e. The third kappa shape index (κ3) is 2.37. The molecule has 0 saturated carbocycles. The molecule has 0 atom stereocenters. The van der Waals surface area contributed by atoms with Crippen molar-refractivity contribution in [2.75, 3.05) is 12.3 Å². The number of nitrogens with two attached hydrogens (primary N) is 1. The molecule has 1 rings (SSSR count). The van der Waals surface area contributed by atoms with Crippen LogP contribution in [0.3, 0.4) is 0 Å². The van der Waals surface area contributed by atoms with Crippen LogP contribution >= 0.6 is 11.6 Å². The van der Waals surface area contributed by atoms with Crippen LogP contribution in [0.15, 0.2) is 6.07 Å². The minimum atomic E-state index is 0.413. The van der Waals surface area contributed by atoms with E-state index in [-0.39, 0.29) is 0 Å². The summed E-state index contributed by atoms with van der Waals surface area (Å²) < 4.78 is 5.56. The van der Waals surface area contributed by atoms with Gasteiger partial charge in [0.1, 0.15) is 5.75 Å². The maximum atomic E-state index is 5.93. The molecule has 2 N–H and O–H groups in total. The Morgan fingerprint density at radius 3 is 2.80 bits per heavy atom. The smallest absolute Gasteiger partial charge is 0.140 e. The van der Waals surface area contributed by atoms with Gasteiger partial charge in [0.05, 0.1) is 22.9 Å². The van der Waals surface area contributed by atoms with E-state index in [0.29, 0.717) is 28.6 Å². The molecule has 1 aromatic rings. The van der Waals surface area contributed by atoms with E-state index >= 15 is 0 Å². The van der Waals surface area contributed by atoms with Crippen molar-refractivity contribution < 1.29 is 4.74 Å². The Bertz CT molecular complexity index is 407. The second-order valence-electron chi connectivity index (χ2n) is 3.29. The first kappa shape index (κ1) is 11.7. The first-order valence-electron chi connectivity index (χ1n) is 4.79. The van der Waals surface area contributed by atoms with Gasteiger partial charge >= 0.3 is 0 Å². The van der Waals surface area contributed by atoms with Crippen molar-refractivity contribution in [2.45, 2.75) is 20.3 Å². The maximum absolute atomic E-state index is 5.93. The molecular weight excluding hydrogens is 210 g/mol. The van der Waals surface area contributed by atoms with Crippen LogP contribution in [0.5, 0.6) is 5.75 Å². The predicted molar refractivity (Wildman–Crippen MR) is 64.3 cm³/mol. The van der Waals surface area contributed by atoms with Gasteiger partial charge in [-0.3, -0.25) is 0 Å². The van der Waals surface area contributed by atoms with Crippen LogP contribution in [0, 0.1) is 19.3 Å². The van der Waals surface area contributed by atoms with Gasteiger partial charge in [0.15, 0.2) is 0 Å². The lowest BCUT2D eigenvalue weighted by atomic mass is 10.1. The molecule has 0 aliphatic carbocycles. The molecule has 0 amide bonds. The van der Waals surface area contributed by atoms with Gasteiger partial charge in [-0.2, -0.15) is 0 Å². The number of rotatable bonds is 3. The summed E-state index contributed by atoms with van der Waals surface area (Å²) in [6, 6.07) is 1.77. The van der Waals surface area contributed by atoms with E-state index in [1.54, 1.807) is 6.07 Å². The van der Waals surface area contributed by atoms with Crippen molar-refractivity contribution in [3.05, 3.63) is 22.2 Å². The molecule has 0 saturated heterocycles. The third-order valence-corrected chi connectivity index (χ3v) is 2.36. The molecule has 1 aromatic carbocycles. The van der Waals surface area contributed by atoms with E-state index in [2.05, 4.69) is 5.92 Å². The van der Waals surface area contributed by atoms with Crippen LogP contribution in [0.25, 0.3) is 0 Å². The van der Waals surface area contributed by atoms with Crippen molar-refractivity contribution >= 4 is 17.3 Å². The van der Waals surface area contributed by atoms with E-state index in [1.807, 2.05) is 13.8 Å². The highest BCUT2D eigenvalue weighted by molar-refractivity contribution is 6.33. The van der Waals surface area contributed by atoms with Gasteiger partial charge in [-0.05, 0) is 25.0 Å². The van der Waals surface area contributed by atoms with E-state index in [0.717, 1.165) is 12.0 Å². The topological polar surface area (TPSA) is 35.2 Å². The molecule has 0 bridgehead atoms. The predicted octanol–water partition coefficient (Wildman–Crippen LogP) is 3.00. The molecule has 0 aliphatic heterocycles. The summed E-state index contributed by atoms with van der Waals surface area (Å²) in [5, 5.41) is 0.476. The molecule has 3 heteroatoms. The van der Waals surface area contributed by atoms with Crippen LogP contribution in [0.2, 0.25) is 5.02 Å². The zero-order valence-corrected chi connectivity index (χ0v) is 9.69. The highest BCUT2D eigenvalue weighted by atomic mass is 35.5. The van der Waals surface area contributed by atoms with Gasteiger partial charge in [-0.25, -0.2) is 0 Å². The average molecular weight is 224 g/mol. The molecular formula is C12H14ClNO. The van der Waals surface area contributed by atoms with Crippen molar-refractivity contribution in [1.82, 2.24) is 0 Å². The minimum Gasteiger partial charge on any atom is -0.492 e. The molecule has 0 radical (unpaired) electrons. The van der Waals surface area contributed by atoms with E-state index < -0.39 is 0 Å². The van der Waals surface area contributed by atoms with Crippen LogP contribution in [-0.2, 0) is 0 Å². The van der Waals surface area contributed by atoms with Gasteiger partial charge in [0, 0.05) is 0 Å². The summed E-state index contributed by atoms with van der Waals surface area (Å²) >= 11 is 5.93. The second-order valence-corrected chi connectivity index (χ2v) is 3.69. The van der Waals surface area contributed by atoms with Crippen LogP contribution in [-0.4, -0.2) is 6.61 Å². The first-order valence-corrected chi connectivity index (χ1v) is 5.17. The number of benzene rings is 1. The Morgan fingerprint density at radius 1 is 1.60 bits per heavy atom. The quantitative estimate of drug-likeness (QED) is 0.632. The Morgan fingerprint density at radius 2 is 2.27 bits per heavy atom. The highest BCUT2D eigenvalue weighted by Crippen LogP contribution is 2.33. The zero-order valence-electron chi connectivity index (χ0n) is 8.93. The molecule has 2 nitrogen and oxygen atoms in total. The van der Waals surface area contributed by atoms with E-state index in [4.69, 9.17) is 28.5 Å². The number of ether oxygens (including phenoxy) is 1. The number of halogens is 1. The molecule has 0 unspecified atom stereocenters. The van der Waals surface area contributed by atoms with E-state index in [9.17, 15) is 0 Å². The Labute approximate surface area is 95.4 Å². The lowest BCUT2D eigenvalue weighted by Crippen LogP contribution is -2.02. The number of anilines is 1. The van der Waals surface area contributed by atoms with E-state index in [1.165, 1.54) is 0 Å². The largest absolute Gasteiger partial charge is 0.492 e. The van der Waals surface area contributed by atoms with Crippen molar-refractivity contribution in [3.63, 3.8) is 0 Å². The third-order valence-electron chi connectivity index (χ3n) is 2.05. The zero-order chi connectivity index (χ0) is 11.4. The van der Waals surface area contributed by atoms with Crippen LogP contribution in [0.1, 0.15) is 24.5 Å². The van der Waals surface area contributed by atoms with Gasteiger partial charge < -0.3 is 10.5 Å². The fraction of sp³-hybridized carbons (Fsp3) is 0.333. The lowest BCUT2D eigenvalue weighted by Gasteiger charge is -2.13. The number of terminal acetylenes is 1. The van der Waals surface area contributed by atoms with Crippen LogP contribution < -0.4 is 10.5 Å². The van der Waals surface area contributed by atoms with Gasteiger partial charge in [0.25, 0.3) is 0 Å². The number of hydrogen-bond donors (Lipinski definition) is 1. The Hall–Kier alpha value is -1.33. The average Bonchev–Trinajstić information content (AvgIpc) is 2.21. The molecule has 15 heavy (non-hydrogen) atoms. The van der Waals surface area contributed by atoms with Gasteiger partial charge in [0.2, 0.25) is 0 Å². The summed E-state index contributed by atoms with van der Waals surface area (Å²) in [6.45, 7) is 4.55. The summed E-state index contributed by atoms with van der Waals surface area (Å²) in [5.41, 5.74) is 7.66. The van der Waals surface area contributed by atoms with Crippen molar-refractivity contribution in [1.29, 1.82) is 0 Å². The lowest BCUT2D eigenvalue weighted by molar-refractivity contribution is 0.314. The van der Waals surface area contributed by atoms with Gasteiger partial charge in [-0.15, -0.1) is 6.42 Å².